The molecule has 0 bridgehead atoms. The van der Waals surface area contributed by atoms with Gasteiger partial charge in [0, 0.05) is 17.3 Å². The monoisotopic (exact) mass is 500 g/mol. The minimum Gasteiger partial charge on any atom is -0.496 e. The first-order valence-electron chi connectivity index (χ1n) is 11.3. The number of hydrogen-bond acceptors (Lipinski definition) is 7. The highest BCUT2D eigenvalue weighted by Crippen LogP contribution is 2.32. The first-order chi connectivity index (χ1) is 17.3. The van der Waals surface area contributed by atoms with Gasteiger partial charge in [-0.1, -0.05) is 12.1 Å². The molecule has 188 valence electrons. The Morgan fingerprint density at radius 3 is 2.42 bits per heavy atom. The van der Waals surface area contributed by atoms with Gasteiger partial charge in [-0.15, -0.1) is 0 Å². The van der Waals surface area contributed by atoms with E-state index in [2.05, 4.69) is 20.6 Å². The van der Waals surface area contributed by atoms with Gasteiger partial charge < -0.3 is 24.8 Å². The third-order valence-corrected chi connectivity index (χ3v) is 6.20. The van der Waals surface area contributed by atoms with E-state index < -0.39 is 29.8 Å². The van der Waals surface area contributed by atoms with Crippen molar-refractivity contribution in [1.82, 2.24) is 15.3 Å². The Morgan fingerprint density at radius 1 is 1.00 bits per heavy atom. The molecule has 2 saturated heterocycles. The number of nitrogens with one attached hydrogen (secondary N) is 2. The molecule has 36 heavy (non-hydrogen) atoms. The maximum absolute atomic E-state index is 12.8. The minimum absolute atomic E-state index is 0.126. The summed E-state index contributed by atoms with van der Waals surface area (Å²) < 4.78 is 55.6. The number of halogens is 3. The maximum Gasteiger partial charge on any atom is 0.416 e. The van der Waals surface area contributed by atoms with Crippen LogP contribution in [0.1, 0.15) is 15.9 Å². The van der Waals surface area contributed by atoms with E-state index in [1.54, 1.807) is 19.4 Å². The normalized spacial score (nSPS) is 23.2. The molecule has 2 aromatic carbocycles. The molecule has 2 fully saturated rings. The fourth-order valence-corrected chi connectivity index (χ4v) is 4.41. The lowest BCUT2D eigenvalue weighted by atomic mass is 10.1. The maximum atomic E-state index is 12.8. The summed E-state index contributed by atoms with van der Waals surface area (Å²) in [4.78, 5) is 21.5. The number of rotatable bonds is 6. The lowest BCUT2D eigenvalue weighted by molar-refractivity contribution is -0.137. The van der Waals surface area contributed by atoms with Crippen molar-refractivity contribution in [1.29, 1.82) is 0 Å². The average molecular weight is 500 g/mol. The number of carbonyl (C=O) groups is 1. The van der Waals surface area contributed by atoms with Gasteiger partial charge in [-0.2, -0.15) is 13.2 Å². The standard InChI is InChI=1S/C25H23F3N4O4/c1-34-20-5-3-2-4-16(20)17-10-11-29-24(31-17)32-19-13-36-21-18(12-35-22(19)21)30-23(33)14-6-8-15(9-7-14)25(26,27)28/h2-11,18-19,21-22H,12-13H2,1H3,(H,30,33)(H,29,31,32). The number of carbonyl (C=O) groups excluding carboxylic acids is 1. The van der Waals surface area contributed by atoms with Gasteiger partial charge >= 0.3 is 6.18 Å². The summed E-state index contributed by atoms with van der Waals surface area (Å²) in [6.45, 7) is 0.520. The number of alkyl halides is 3. The second-order valence-corrected chi connectivity index (χ2v) is 8.47. The highest BCUT2D eigenvalue weighted by molar-refractivity contribution is 5.94. The van der Waals surface area contributed by atoms with Crippen LogP contribution in [0.3, 0.4) is 0 Å². The number of methoxy groups -OCH3 is 1. The van der Waals surface area contributed by atoms with Crippen LogP contribution < -0.4 is 15.4 Å². The SMILES string of the molecule is COc1ccccc1-c1ccnc(NC2COC3C(NC(=O)c4ccc(C(F)(F)F)cc4)COC23)n1. The second kappa shape index (κ2) is 9.75. The Bertz CT molecular complexity index is 1240. The Labute approximate surface area is 204 Å². The molecule has 11 heteroatoms. The number of aromatic nitrogens is 2. The van der Waals surface area contributed by atoms with Crippen LogP contribution in [0.4, 0.5) is 19.1 Å². The highest BCUT2D eigenvalue weighted by atomic mass is 19.4. The molecule has 2 N–H and O–H groups in total. The number of para-hydroxylation sites is 1. The number of ether oxygens (including phenoxy) is 3. The molecule has 1 amide bonds. The molecule has 4 atom stereocenters. The molecule has 8 nitrogen and oxygen atoms in total. The van der Waals surface area contributed by atoms with E-state index in [1.807, 2.05) is 24.3 Å². The van der Waals surface area contributed by atoms with Crippen molar-refractivity contribution in [2.75, 3.05) is 25.6 Å². The van der Waals surface area contributed by atoms with E-state index in [-0.39, 0.29) is 24.3 Å². The summed E-state index contributed by atoms with van der Waals surface area (Å²) in [5.74, 6) is 0.594. The van der Waals surface area contributed by atoms with E-state index in [1.165, 1.54) is 0 Å². The van der Waals surface area contributed by atoms with Crippen molar-refractivity contribution in [3.63, 3.8) is 0 Å². The number of fused-ring (bicyclic) bond motifs is 1. The third-order valence-electron chi connectivity index (χ3n) is 6.20. The number of anilines is 1. The smallest absolute Gasteiger partial charge is 0.416 e. The summed E-state index contributed by atoms with van der Waals surface area (Å²) >= 11 is 0. The molecular formula is C25H23F3N4O4. The molecule has 0 spiro atoms. The fourth-order valence-electron chi connectivity index (χ4n) is 4.41. The molecule has 0 radical (unpaired) electrons. The van der Waals surface area contributed by atoms with Gasteiger partial charge in [0.05, 0.1) is 43.7 Å². The van der Waals surface area contributed by atoms with Crippen molar-refractivity contribution < 1.29 is 32.2 Å². The third kappa shape index (κ3) is 4.84. The van der Waals surface area contributed by atoms with Crippen LogP contribution in [0.5, 0.6) is 5.75 Å². The van der Waals surface area contributed by atoms with Crippen molar-refractivity contribution in [2.45, 2.75) is 30.5 Å². The Hall–Kier alpha value is -3.70. The Morgan fingerprint density at radius 2 is 1.69 bits per heavy atom. The lowest BCUT2D eigenvalue weighted by Crippen LogP contribution is -2.44. The van der Waals surface area contributed by atoms with Crippen LogP contribution in [-0.2, 0) is 15.7 Å². The highest BCUT2D eigenvalue weighted by Gasteiger charge is 2.48. The molecule has 0 aliphatic carbocycles. The van der Waals surface area contributed by atoms with E-state index in [4.69, 9.17) is 14.2 Å². The fraction of sp³-hybridized carbons (Fsp3) is 0.320. The van der Waals surface area contributed by atoms with Crippen molar-refractivity contribution in [3.05, 3.63) is 71.9 Å². The predicted octanol–water partition coefficient (Wildman–Crippen LogP) is 3.55. The molecular weight excluding hydrogens is 477 g/mol. The number of benzene rings is 2. The van der Waals surface area contributed by atoms with Crippen LogP contribution in [-0.4, -0.2) is 60.5 Å². The van der Waals surface area contributed by atoms with Gasteiger partial charge in [0.2, 0.25) is 5.95 Å². The lowest BCUT2D eigenvalue weighted by Gasteiger charge is -2.19. The summed E-state index contributed by atoms with van der Waals surface area (Å²) in [5, 5.41) is 6.06. The molecule has 3 heterocycles. The van der Waals surface area contributed by atoms with Crippen LogP contribution >= 0.6 is 0 Å². The molecule has 5 rings (SSSR count). The number of amides is 1. The number of hydrogen-bond donors (Lipinski definition) is 2. The predicted molar refractivity (Wildman–Crippen MR) is 124 cm³/mol. The second-order valence-electron chi connectivity index (χ2n) is 8.47. The molecule has 3 aromatic rings. The first-order valence-corrected chi connectivity index (χ1v) is 11.3. The minimum atomic E-state index is -4.46. The topological polar surface area (TPSA) is 94.6 Å². The van der Waals surface area contributed by atoms with Gasteiger partial charge in [-0.05, 0) is 42.5 Å². The average Bonchev–Trinajstić information content (AvgIpc) is 3.47. The van der Waals surface area contributed by atoms with Crippen LogP contribution in [0.25, 0.3) is 11.3 Å². The van der Waals surface area contributed by atoms with Crippen molar-refractivity contribution >= 4 is 11.9 Å². The molecule has 1 aromatic heterocycles. The zero-order chi connectivity index (χ0) is 25.3. The zero-order valence-corrected chi connectivity index (χ0v) is 19.2. The summed E-state index contributed by atoms with van der Waals surface area (Å²) in [7, 11) is 1.60. The summed E-state index contributed by atoms with van der Waals surface area (Å²) in [6, 6.07) is 12.7. The molecule has 2 aliphatic rings. The van der Waals surface area contributed by atoms with E-state index in [9.17, 15) is 18.0 Å². The summed E-state index contributed by atoms with van der Waals surface area (Å²) in [5.41, 5.74) is 0.831. The first kappa shape index (κ1) is 24.0. The van der Waals surface area contributed by atoms with Crippen molar-refractivity contribution in [3.8, 4) is 17.0 Å². The largest absolute Gasteiger partial charge is 0.496 e. The summed E-state index contributed by atoms with van der Waals surface area (Å²) in [6.07, 6.45) is -3.59. The van der Waals surface area contributed by atoms with Crippen LogP contribution in [0.2, 0.25) is 0 Å². The van der Waals surface area contributed by atoms with Gasteiger partial charge in [0.1, 0.15) is 18.0 Å². The quantitative estimate of drug-likeness (QED) is 0.535. The molecule has 2 aliphatic heterocycles. The number of nitrogens with zero attached hydrogens (tertiary/aromatic N) is 2. The molecule has 0 saturated carbocycles. The Kier molecular flexibility index (Phi) is 6.50. The molecule has 4 unspecified atom stereocenters. The van der Waals surface area contributed by atoms with Crippen LogP contribution in [0.15, 0.2) is 60.8 Å². The van der Waals surface area contributed by atoms with E-state index >= 15 is 0 Å². The Balaban J connectivity index is 1.23. The van der Waals surface area contributed by atoms with Gasteiger partial charge in [0.15, 0.2) is 0 Å². The van der Waals surface area contributed by atoms with Gasteiger partial charge in [-0.25, -0.2) is 9.97 Å². The van der Waals surface area contributed by atoms with Crippen molar-refractivity contribution in [2.24, 2.45) is 0 Å². The van der Waals surface area contributed by atoms with Gasteiger partial charge in [0.25, 0.3) is 5.91 Å². The van der Waals surface area contributed by atoms with E-state index in [0.717, 1.165) is 29.8 Å². The van der Waals surface area contributed by atoms with Crippen LogP contribution in [0, 0.1) is 0 Å². The van der Waals surface area contributed by atoms with Gasteiger partial charge in [-0.3, -0.25) is 4.79 Å². The zero-order valence-electron chi connectivity index (χ0n) is 19.2. The van der Waals surface area contributed by atoms with E-state index in [0.29, 0.717) is 24.0 Å².